The smallest absolute Gasteiger partial charge is 0.104 e. The lowest BCUT2D eigenvalue weighted by molar-refractivity contribution is 0.220. The van der Waals surface area contributed by atoms with E-state index >= 15 is 0 Å². The van der Waals surface area contributed by atoms with E-state index < -0.39 is 6.10 Å². The SMILES string of the molecule is Nc1cccc(C(O)c2ccncc2)c1. The average molecular weight is 200 g/mol. The Hall–Kier alpha value is -1.87. The van der Waals surface area contributed by atoms with Crippen molar-refractivity contribution in [3.8, 4) is 0 Å². The van der Waals surface area contributed by atoms with Crippen LogP contribution >= 0.6 is 0 Å². The predicted octanol–water partition coefficient (Wildman–Crippen LogP) is 1.75. The monoisotopic (exact) mass is 200 g/mol. The lowest BCUT2D eigenvalue weighted by atomic mass is 10.0. The van der Waals surface area contributed by atoms with Gasteiger partial charge in [-0.1, -0.05) is 12.1 Å². The number of nitrogens with zero attached hydrogens (tertiary/aromatic N) is 1. The number of nitrogens with two attached hydrogens (primary N) is 1. The van der Waals surface area contributed by atoms with E-state index in [2.05, 4.69) is 4.98 Å². The zero-order chi connectivity index (χ0) is 10.7. The minimum Gasteiger partial charge on any atom is -0.399 e. The van der Waals surface area contributed by atoms with Crippen molar-refractivity contribution in [2.45, 2.75) is 6.10 Å². The fourth-order valence-corrected chi connectivity index (χ4v) is 1.47. The van der Waals surface area contributed by atoms with Crippen LogP contribution in [0.3, 0.4) is 0 Å². The van der Waals surface area contributed by atoms with Crippen LogP contribution in [0.1, 0.15) is 17.2 Å². The molecule has 0 saturated heterocycles. The maximum absolute atomic E-state index is 10.0. The van der Waals surface area contributed by atoms with Crippen molar-refractivity contribution < 1.29 is 5.11 Å². The Morgan fingerprint density at radius 3 is 2.47 bits per heavy atom. The van der Waals surface area contributed by atoms with Crippen molar-refractivity contribution in [1.29, 1.82) is 0 Å². The maximum atomic E-state index is 10.0. The zero-order valence-corrected chi connectivity index (χ0v) is 8.17. The summed E-state index contributed by atoms with van der Waals surface area (Å²) in [7, 11) is 0. The maximum Gasteiger partial charge on any atom is 0.104 e. The number of aliphatic hydroxyl groups excluding tert-OH is 1. The number of nitrogen functional groups attached to an aromatic ring is 1. The van der Waals surface area contributed by atoms with E-state index in [1.807, 2.05) is 12.1 Å². The second-order valence-corrected chi connectivity index (χ2v) is 3.35. The summed E-state index contributed by atoms with van der Waals surface area (Å²) in [6, 6.07) is 10.8. The molecule has 0 amide bonds. The molecular weight excluding hydrogens is 188 g/mol. The van der Waals surface area contributed by atoms with E-state index in [-0.39, 0.29) is 0 Å². The van der Waals surface area contributed by atoms with E-state index in [0.717, 1.165) is 11.1 Å². The molecule has 0 bridgehead atoms. The standard InChI is InChI=1S/C12H12N2O/c13-11-3-1-2-10(8-11)12(15)9-4-6-14-7-5-9/h1-8,12,15H,13H2. The van der Waals surface area contributed by atoms with Crippen LogP contribution in [-0.2, 0) is 0 Å². The number of hydrogen-bond donors (Lipinski definition) is 2. The summed E-state index contributed by atoms with van der Waals surface area (Å²) < 4.78 is 0. The minimum atomic E-state index is -0.642. The van der Waals surface area contributed by atoms with Crippen molar-refractivity contribution in [2.75, 3.05) is 5.73 Å². The van der Waals surface area contributed by atoms with Gasteiger partial charge in [0.25, 0.3) is 0 Å². The molecule has 3 heteroatoms. The second kappa shape index (κ2) is 4.11. The van der Waals surface area contributed by atoms with Crippen molar-refractivity contribution in [3.63, 3.8) is 0 Å². The highest BCUT2D eigenvalue weighted by Gasteiger charge is 2.09. The Kier molecular flexibility index (Phi) is 2.65. The molecule has 1 atom stereocenters. The van der Waals surface area contributed by atoms with E-state index in [0.29, 0.717) is 5.69 Å². The number of hydrogen-bond acceptors (Lipinski definition) is 3. The van der Waals surface area contributed by atoms with Crippen molar-refractivity contribution in [3.05, 3.63) is 59.9 Å². The van der Waals surface area contributed by atoms with Gasteiger partial charge in [0, 0.05) is 18.1 Å². The highest BCUT2D eigenvalue weighted by molar-refractivity contribution is 5.43. The van der Waals surface area contributed by atoms with Gasteiger partial charge < -0.3 is 10.8 Å². The molecule has 3 nitrogen and oxygen atoms in total. The molecule has 0 aliphatic rings. The van der Waals surface area contributed by atoms with Gasteiger partial charge in [0.05, 0.1) is 0 Å². The number of pyridine rings is 1. The number of aliphatic hydroxyl groups is 1. The van der Waals surface area contributed by atoms with Crippen LogP contribution in [0.15, 0.2) is 48.8 Å². The second-order valence-electron chi connectivity index (χ2n) is 3.35. The van der Waals surface area contributed by atoms with Crippen LogP contribution < -0.4 is 5.73 Å². The molecule has 76 valence electrons. The molecule has 1 aromatic heterocycles. The molecule has 0 aliphatic carbocycles. The lowest BCUT2D eigenvalue weighted by Gasteiger charge is -2.11. The average Bonchev–Trinajstić information content (AvgIpc) is 2.29. The molecule has 1 heterocycles. The summed E-state index contributed by atoms with van der Waals surface area (Å²) in [4.78, 5) is 3.90. The molecule has 3 N–H and O–H groups in total. The molecular formula is C12H12N2O. The lowest BCUT2D eigenvalue weighted by Crippen LogP contribution is -2.00. The molecule has 0 fully saturated rings. The summed E-state index contributed by atoms with van der Waals surface area (Å²) in [5, 5.41) is 10.0. The highest BCUT2D eigenvalue weighted by atomic mass is 16.3. The van der Waals surface area contributed by atoms with Gasteiger partial charge in [-0.25, -0.2) is 0 Å². The van der Waals surface area contributed by atoms with Crippen molar-refractivity contribution >= 4 is 5.69 Å². The molecule has 15 heavy (non-hydrogen) atoms. The molecule has 0 spiro atoms. The fraction of sp³-hybridized carbons (Fsp3) is 0.0833. The van der Waals surface area contributed by atoms with Crippen molar-refractivity contribution in [2.24, 2.45) is 0 Å². The van der Waals surface area contributed by atoms with Crippen LogP contribution in [-0.4, -0.2) is 10.1 Å². The quantitative estimate of drug-likeness (QED) is 0.726. The normalized spacial score (nSPS) is 12.3. The van der Waals surface area contributed by atoms with Crippen LogP contribution in [0.5, 0.6) is 0 Å². The largest absolute Gasteiger partial charge is 0.399 e. The number of rotatable bonds is 2. The van der Waals surface area contributed by atoms with Crippen LogP contribution in [0.25, 0.3) is 0 Å². The van der Waals surface area contributed by atoms with Crippen molar-refractivity contribution in [1.82, 2.24) is 4.98 Å². The van der Waals surface area contributed by atoms with E-state index in [4.69, 9.17) is 5.73 Å². The first kappa shape index (κ1) is 9.68. The minimum absolute atomic E-state index is 0.642. The molecule has 2 rings (SSSR count). The third-order valence-corrected chi connectivity index (χ3v) is 2.25. The Bertz CT molecular complexity index is 442. The summed E-state index contributed by atoms with van der Waals surface area (Å²) in [6.07, 6.45) is 2.67. The fourth-order valence-electron chi connectivity index (χ4n) is 1.47. The molecule has 0 saturated carbocycles. The van der Waals surface area contributed by atoms with Gasteiger partial charge in [-0.3, -0.25) is 4.98 Å². The van der Waals surface area contributed by atoms with Gasteiger partial charge in [-0.15, -0.1) is 0 Å². The molecule has 0 aliphatic heterocycles. The third kappa shape index (κ3) is 2.14. The first-order valence-electron chi connectivity index (χ1n) is 4.71. The van der Waals surface area contributed by atoms with Gasteiger partial charge in [0.1, 0.15) is 6.10 Å². The number of aromatic nitrogens is 1. The summed E-state index contributed by atoms with van der Waals surface area (Å²) >= 11 is 0. The van der Waals surface area contributed by atoms with Gasteiger partial charge in [0.15, 0.2) is 0 Å². The summed E-state index contributed by atoms with van der Waals surface area (Å²) in [5.41, 5.74) is 7.91. The summed E-state index contributed by atoms with van der Waals surface area (Å²) in [6.45, 7) is 0. The number of benzene rings is 1. The van der Waals surface area contributed by atoms with Gasteiger partial charge in [-0.05, 0) is 35.4 Å². The molecule has 2 aromatic rings. The molecule has 0 radical (unpaired) electrons. The summed E-state index contributed by atoms with van der Waals surface area (Å²) in [5.74, 6) is 0. The van der Waals surface area contributed by atoms with Gasteiger partial charge >= 0.3 is 0 Å². The Morgan fingerprint density at radius 2 is 1.80 bits per heavy atom. The van der Waals surface area contributed by atoms with E-state index in [1.165, 1.54) is 0 Å². The highest BCUT2D eigenvalue weighted by Crippen LogP contribution is 2.22. The Morgan fingerprint density at radius 1 is 1.07 bits per heavy atom. The first-order chi connectivity index (χ1) is 7.27. The van der Waals surface area contributed by atoms with Gasteiger partial charge in [0.2, 0.25) is 0 Å². The van der Waals surface area contributed by atoms with Crippen LogP contribution in [0.4, 0.5) is 5.69 Å². The Balaban J connectivity index is 2.32. The van der Waals surface area contributed by atoms with E-state index in [9.17, 15) is 5.11 Å². The Labute approximate surface area is 88.2 Å². The third-order valence-electron chi connectivity index (χ3n) is 2.25. The molecule has 1 aromatic carbocycles. The topological polar surface area (TPSA) is 59.1 Å². The predicted molar refractivity (Wildman–Crippen MR) is 59.2 cm³/mol. The van der Waals surface area contributed by atoms with Crippen LogP contribution in [0.2, 0.25) is 0 Å². The van der Waals surface area contributed by atoms with E-state index in [1.54, 1.807) is 36.7 Å². The zero-order valence-electron chi connectivity index (χ0n) is 8.17. The molecule has 1 unspecified atom stereocenters. The first-order valence-corrected chi connectivity index (χ1v) is 4.71. The number of anilines is 1. The van der Waals surface area contributed by atoms with Gasteiger partial charge in [-0.2, -0.15) is 0 Å². The van der Waals surface area contributed by atoms with Crippen LogP contribution in [0, 0.1) is 0 Å².